The molecule has 110 valence electrons. The molecule has 0 saturated heterocycles. The molecule has 1 aromatic carbocycles. The highest BCUT2D eigenvalue weighted by atomic mass is 35.5. The van der Waals surface area contributed by atoms with Crippen molar-refractivity contribution in [3.63, 3.8) is 0 Å². The predicted molar refractivity (Wildman–Crippen MR) is 84.3 cm³/mol. The fourth-order valence-electron chi connectivity index (χ4n) is 1.91. The van der Waals surface area contributed by atoms with E-state index in [-0.39, 0.29) is 12.3 Å². The van der Waals surface area contributed by atoms with Crippen LogP contribution in [0.25, 0.3) is 0 Å². The maximum Gasteiger partial charge on any atom is 0.303 e. The van der Waals surface area contributed by atoms with E-state index in [0.29, 0.717) is 22.2 Å². The molecular weight excluding hydrogens is 310 g/mol. The van der Waals surface area contributed by atoms with Gasteiger partial charge in [0, 0.05) is 18.7 Å². The predicted octanol–water partition coefficient (Wildman–Crippen LogP) is 3.91. The molecule has 0 fully saturated rings. The number of halogens is 1. The van der Waals surface area contributed by atoms with Gasteiger partial charge in [-0.25, -0.2) is 0 Å². The van der Waals surface area contributed by atoms with Crippen LogP contribution >= 0.6 is 22.9 Å². The molecular formula is C15H14ClNO3S. The van der Waals surface area contributed by atoms with Crippen molar-refractivity contribution in [2.45, 2.75) is 12.8 Å². The number of benzene rings is 1. The van der Waals surface area contributed by atoms with E-state index in [1.54, 1.807) is 17.0 Å². The highest BCUT2D eigenvalue weighted by molar-refractivity contribution is 7.18. The van der Waals surface area contributed by atoms with Crippen molar-refractivity contribution in [3.8, 4) is 0 Å². The Bertz CT molecular complexity index is 627. The number of carboxylic acids is 1. The maximum atomic E-state index is 12.6. The molecule has 6 heteroatoms. The summed E-state index contributed by atoms with van der Waals surface area (Å²) in [4.78, 5) is 25.3. The second-order valence-corrected chi connectivity index (χ2v) is 6.11. The molecule has 0 atom stereocenters. The molecule has 1 amide bonds. The summed E-state index contributed by atoms with van der Waals surface area (Å²) in [7, 11) is 0. The first kappa shape index (κ1) is 15.5. The number of amides is 1. The van der Waals surface area contributed by atoms with Gasteiger partial charge in [-0.1, -0.05) is 29.8 Å². The van der Waals surface area contributed by atoms with Crippen LogP contribution < -0.4 is 4.90 Å². The number of thiophene rings is 1. The average Bonchev–Trinajstić information content (AvgIpc) is 2.90. The van der Waals surface area contributed by atoms with Gasteiger partial charge in [-0.3, -0.25) is 9.59 Å². The summed E-state index contributed by atoms with van der Waals surface area (Å²) >= 11 is 7.09. The zero-order valence-corrected chi connectivity index (χ0v) is 12.7. The number of aliphatic carboxylic acids is 1. The fraction of sp³-hybridized carbons (Fsp3) is 0.200. The van der Waals surface area contributed by atoms with Crippen molar-refractivity contribution in [2.75, 3.05) is 11.4 Å². The number of para-hydroxylation sites is 1. The minimum absolute atomic E-state index is 0.0296. The molecule has 0 unspecified atom stereocenters. The minimum Gasteiger partial charge on any atom is -0.481 e. The zero-order chi connectivity index (χ0) is 15.2. The maximum absolute atomic E-state index is 12.6. The van der Waals surface area contributed by atoms with E-state index in [9.17, 15) is 9.59 Å². The highest BCUT2D eigenvalue weighted by Gasteiger charge is 2.19. The van der Waals surface area contributed by atoms with Crippen LogP contribution in [-0.4, -0.2) is 23.5 Å². The summed E-state index contributed by atoms with van der Waals surface area (Å²) in [6.45, 7) is 0.352. The van der Waals surface area contributed by atoms with E-state index in [0.717, 1.165) is 5.69 Å². The third kappa shape index (κ3) is 4.31. The average molecular weight is 324 g/mol. The van der Waals surface area contributed by atoms with Crippen molar-refractivity contribution < 1.29 is 14.7 Å². The summed E-state index contributed by atoms with van der Waals surface area (Å²) in [5.41, 5.74) is 0.748. The Labute approximate surface area is 131 Å². The molecule has 0 bridgehead atoms. The molecule has 21 heavy (non-hydrogen) atoms. The van der Waals surface area contributed by atoms with E-state index < -0.39 is 5.97 Å². The van der Waals surface area contributed by atoms with E-state index in [2.05, 4.69) is 0 Å². The number of hydrogen-bond acceptors (Lipinski definition) is 3. The van der Waals surface area contributed by atoms with Crippen molar-refractivity contribution in [3.05, 3.63) is 51.7 Å². The van der Waals surface area contributed by atoms with E-state index in [1.807, 2.05) is 30.3 Å². The van der Waals surface area contributed by atoms with Crippen molar-refractivity contribution in [1.82, 2.24) is 0 Å². The molecule has 0 spiro atoms. The lowest BCUT2D eigenvalue weighted by atomic mass is 10.2. The second kappa shape index (κ2) is 7.24. The smallest absolute Gasteiger partial charge is 0.303 e. The van der Waals surface area contributed by atoms with Crippen LogP contribution in [-0.2, 0) is 4.79 Å². The standard InChI is InChI=1S/C15H14ClNO3S/c16-13-9-8-12(21-13)15(20)17(10-4-7-14(18)19)11-5-2-1-3-6-11/h1-3,5-6,8-9H,4,7,10H2,(H,18,19). The van der Waals surface area contributed by atoms with Crippen LogP contribution in [0.5, 0.6) is 0 Å². The Morgan fingerprint density at radius 3 is 2.43 bits per heavy atom. The van der Waals surface area contributed by atoms with E-state index in [1.165, 1.54) is 11.3 Å². The topological polar surface area (TPSA) is 57.6 Å². The molecule has 0 saturated carbocycles. The van der Waals surface area contributed by atoms with Gasteiger partial charge in [0.2, 0.25) is 0 Å². The van der Waals surface area contributed by atoms with Crippen LogP contribution in [0.1, 0.15) is 22.5 Å². The van der Waals surface area contributed by atoms with Gasteiger partial charge in [-0.2, -0.15) is 0 Å². The molecule has 2 rings (SSSR count). The third-order valence-corrected chi connectivity index (χ3v) is 4.09. The molecule has 0 aliphatic carbocycles. The Balaban J connectivity index is 2.19. The number of carbonyl (C=O) groups excluding carboxylic acids is 1. The highest BCUT2D eigenvalue weighted by Crippen LogP contribution is 2.25. The molecule has 0 radical (unpaired) electrons. The number of rotatable bonds is 6. The van der Waals surface area contributed by atoms with Gasteiger partial charge in [0.25, 0.3) is 5.91 Å². The van der Waals surface area contributed by atoms with Crippen LogP contribution in [0.15, 0.2) is 42.5 Å². The summed E-state index contributed by atoms with van der Waals surface area (Å²) in [5.74, 6) is -1.03. The molecule has 1 aromatic heterocycles. The van der Waals surface area contributed by atoms with Gasteiger partial charge in [0.1, 0.15) is 0 Å². The van der Waals surface area contributed by atoms with Gasteiger partial charge in [-0.15, -0.1) is 11.3 Å². The molecule has 0 aliphatic rings. The zero-order valence-electron chi connectivity index (χ0n) is 11.2. The summed E-state index contributed by atoms with van der Waals surface area (Å²) in [6, 6.07) is 12.6. The number of carboxylic acid groups (broad SMARTS) is 1. The lowest BCUT2D eigenvalue weighted by Crippen LogP contribution is -2.31. The van der Waals surface area contributed by atoms with Gasteiger partial charge >= 0.3 is 5.97 Å². The fourth-order valence-corrected chi connectivity index (χ4v) is 2.90. The Morgan fingerprint density at radius 2 is 1.86 bits per heavy atom. The van der Waals surface area contributed by atoms with Crippen LogP contribution in [0.2, 0.25) is 4.34 Å². The first-order valence-corrected chi connectivity index (χ1v) is 7.61. The number of anilines is 1. The number of nitrogens with zero attached hydrogens (tertiary/aromatic N) is 1. The molecule has 4 nitrogen and oxygen atoms in total. The first-order chi connectivity index (χ1) is 10.1. The molecule has 1 heterocycles. The summed E-state index contributed by atoms with van der Waals surface area (Å²) in [5, 5.41) is 8.74. The molecule has 1 N–H and O–H groups in total. The summed E-state index contributed by atoms with van der Waals surface area (Å²) in [6.07, 6.45) is 0.427. The lowest BCUT2D eigenvalue weighted by molar-refractivity contribution is -0.137. The van der Waals surface area contributed by atoms with E-state index in [4.69, 9.17) is 16.7 Å². The lowest BCUT2D eigenvalue weighted by Gasteiger charge is -2.22. The summed E-state index contributed by atoms with van der Waals surface area (Å²) < 4.78 is 0.553. The monoisotopic (exact) mass is 323 g/mol. The Hall–Kier alpha value is -1.85. The van der Waals surface area contributed by atoms with Crippen LogP contribution in [0, 0.1) is 0 Å². The van der Waals surface area contributed by atoms with Crippen molar-refractivity contribution in [2.24, 2.45) is 0 Å². The van der Waals surface area contributed by atoms with Crippen LogP contribution in [0.3, 0.4) is 0 Å². The van der Waals surface area contributed by atoms with Crippen LogP contribution in [0.4, 0.5) is 5.69 Å². The van der Waals surface area contributed by atoms with Gasteiger partial charge < -0.3 is 10.0 Å². The number of hydrogen-bond donors (Lipinski definition) is 1. The van der Waals surface area contributed by atoms with E-state index >= 15 is 0 Å². The minimum atomic E-state index is -0.866. The van der Waals surface area contributed by atoms with Gasteiger partial charge in [0.15, 0.2) is 0 Å². The SMILES string of the molecule is O=C(O)CCCN(C(=O)c1ccc(Cl)s1)c1ccccc1. The van der Waals surface area contributed by atoms with Gasteiger partial charge in [0.05, 0.1) is 9.21 Å². The van der Waals surface area contributed by atoms with Crippen molar-refractivity contribution >= 4 is 40.5 Å². The first-order valence-electron chi connectivity index (χ1n) is 6.42. The third-order valence-electron chi connectivity index (χ3n) is 2.87. The molecule has 0 aliphatic heterocycles. The molecule has 2 aromatic rings. The second-order valence-electron chi connectivity index (χ2n) is 4.39. The Morgan fingerprint density at radius 1 is 1.14 bits per heavy atom. The largest absolute Gasteiger partial charge is 0.481 e. The number of carbonyl (C=O) groups is 2. The van der Waals surface area contributed by atoms with Gasteiger partial charge in [-0.05, 0) is 30.7 Å². The van der Waals surface area contributed by atoms with Crippen molar-refractivity contribution in [1.29, 1.82) is 0 Å². The Kier molecular flexibility index (Phi) is 5.36. The normalized spacial score (nSPS) is 10.3. The quantitative estimate of drug-likeness (QED) is 0.876.